The lowest BCUT2D eigenvalue weighted by Gasteiger charge is -2.15. The molecule has 1 heterocycles. The number of aliphatic hydroxyl groups excluding tert-OH is 1. The molecule has 1 aliphatic rings. The molecule has 21 heavy (non-hydrogen) atoms. The SMILES string of the molecule is CCc1nnc(C)cc1C(O)Cc1ccc2c(c1)CCC2. The van der Waals surface area contributed by atoms with Gasteiger partial charge in [-0.15, -0.1) is 0 Å². The fourth-order valence-electron chi connectivity index (χ4n) is 3.18. The fourth-order valence-corrected chi connectivity index (χ4v) is 3.18. The highest BCUT2D eigenvalue weighted by Crippen LogP contribution is 2.26. The van der Waals surface area contributed by atoms with E-state index in [9.17, 15) is 5.11 Å². The van der Waals surface area contributed by atoms with Crippen molar-refractivity contribution in [2.45, 2.75) is 52.1 Å². The topological polar surface area (TPSA) is 46.0 Å². The van der Waals surface area contributed by atoms with E-state index in [0.717, 1.165) is 23.4 Å². The highest BCUT2D eigenvalue weighted by Gasteiger charge is 2.16. The Balaban J connectivity index is 1.83. The van der Waals surface area contributed by atoms with Gasteiger partial charge in [0.2, 0.25) is 0 Å². The van der Waals surface area contributed by atoms with Gasteiger partial charge in [0.1, 0.15) is 0 Å². The van der Waals surface area contributed by atoms with Crippen LogP contribution >= 0.6 is 0 Å². The Morgan fingerprint density at radius 1 is 1.14 bits per heavy atom. The van der Waals surface area contributed by atoms with Crippen LogP contribution in [-0.4, -0.2) is 15.3 Å². The summed E-state index contributed by atoms with van der Waals surface area (Å²) in [6.07, 6.45) is 4.57. The molecule has 0 saturated carbocycles. The largest absolute Gasteiger partial charge is 0.388 e. The quantitative estimate of drug-likeness (QED) is 0.937. The predicted octanol–water partition coefficient (Wildman–Crippen LogP) is 3.11. The van der Waals surface area contributed by atoms with Crippen molar-refractivity contribution in [1.82, 2.24) is 10.2 Å². The van der Waals surface area contributed by atoms with Crippen LogP contribution in [0.4, 0.5) is 0 Å². The zero-order valence-electron chi connectivity index (χ0n) is 12.8. The van der Waals surface area contributed by atoms with Crippen LogP contribution in [0.25, 0.3) is 0 Å². The summed E-state index contributed by atoms with van der Waals surface area (Å²) in [6.45, 7) is 3.96. The third-order valence-corrected chi connectivity index (χ3v) is 4.31. The minimum absolute atomic E-state index is 0.506. The van der Waals surface area contributed by atoms with Crippen molar-refractivity contribution < 1.29 is 5.11 Å². The molecule has 1 N–H and O–H groups in total. The zero-order chi connectivity index (χ0) is 14.8. The van der Waals surface area contributed by atoms with Gasteiger partial charge < -0.3 is 5.11 Å². The van der Waals surface area contributed by atoms with Crippen LogP contribution in [0.1, 0.15) is 53.1 Å². The summed E-state index contributed by atoms with van der Waals surface area (Å²) in [4.78, 5) is 0. The van der Waals surface area contributed by atoms with Gasteiger partial charge >= 0.3 is 0 Å². The third-order valence-electron chi connectivity index (χ3n) is 4.31. The summed E-state index contributed by atoms with van der Waals surface area (Å²) in [5.74, 6) is 0. The van der Waals surface area contributed by atoms with Crippen molar-refractivity contribution in [2.75, 3.05) is 0 Å². The minimum Gasteiger partial charge on any atom is -0.388 e. The number of rotatable bonds is 4. The molecular weight excluding hydrogens is 260 g/mol. The van der Waals surface area contributed by atoms with E-state index in [1.54, 1.807) is 0 Å². The second-order valence-corrected chi connectivity index (χ2v) is 5.92. The zero-order valence-corrected chi connectivity index (χ0v) is 12.8. The first-order chi connectivity index (χ1) is 10.2. The minimum atomic E-state index is -0.506. The monoisotopic (exact) mass is 282 g/mol. The van der Waals surface area contributed by atoms with Crippen LogP contribution in [-0.2, 0) is 25.7 Å². The maximum absolute atomic E-state index is 10.6. The summed E-state index contributed by atoms with van der Waals surface area (Å²) < 4.78 is 0. The van der Waals surface area contributed by atoms with Gasteiger partial charge in [0.25, 0.3) is 0 Å². The Kier molecular flexibility index (Phi) is 4.02. The maximum Gasteiger partial charge on any atom is 0.0849 e. The Morgan fingerprint density at radius 2 is 1.95 bits per heavy atom. The lowest BCUT2D eigenvalue weighted by Crippen LogP contribution is -2.09. The number of benzene rings is 1. The summed E-state index contributed by atoms with van der Waals surface area (Å²) in [5, 5.41) is 18.9. The standard InChI is InChI=1S/C18H22N2O/c1-3-17-16(9-12(2)19-20-17)18(21)11-13-7-8-14-5-4-6-15(14)10-13/h7-10,18,21H,3-6,11H2,1-2H3. The van der Waals surface area contributed by atoms with Gasteiger partial charge in [-0.05, 0) is 55.4 Å². The maximum atomic E-state index is 10.6. The second kappa shape index (κ2) is 5.94. The molecule has 110 valence electrons. The van der Waals surface area contributed by atoms with E-state index >= 15 is 0 Å². The number of nitrogens with zero attached hydrogens (tertiary/aromatic N) is 2. The molecule has 0 bridgehead atoms. The van der Waals surface area contributed by atoms with E-state index in [0.29, 0.717) is 6.42 Å². The number of aryl methyl sites for hydroxylation is 4. The molecule has 1 aromatic carbocycles. The second-order valence-electron chi connectivity index (χ2n) is 5.92. The molecule has 0 amide bonds. The molecule has 1 aromatic heterocycles. The normalized spacial score (nSPS) is 15.0. The van der Waals surface area contributed by atoms with E-state index in [1.807, 2.05) is 19.9 Å². The van der Waals surface area contributed by atoms with Crippen LogP contribution in [0.15, 0.2) is 24.3 Å². The lowest BCUT2D eigenvalue weighted by molar-refractivity contribution is 0.176. The van der Waals surface area contributed by atoms with Gasteiger partial charge in [-0.2, -0.15) is 10.2 Å². The smallest absolute Gasteiger partial charge is 0.0849 e. The van der Waals surface area contributed by atoms with Crippen molar-refractivity contribution in [2.24, 2.45) is 0 Å². The number of hydrogen-bond donors (Lipinski definition) is 1. The highest BCUT2D eigenvalue weighted by atomic mass is 16.3. The molecule has 3 heteroatoms. The van der Waals surface area contributed by atoms with E-state index in [-0.39, 0.29) is 0 Å². The fraction of sp³-hybridized carbons (Fsp3) is 0.444. The van der Waals surface area contributed by atoms with Gasteiger partial charge in [-0.3, -0.25) is 0 Å². The van der Waals surface area contributed by atoms with Crippen molar-refractivity contribution in [1.29, 1.82) is 0 Å². The number of hydrogen-bond acceptors (Lipinski definition) is 3. The number of fused-ring (bicyclic) bond motifs is 1. The van der Waals surface area contributed by atoms with Crippen molar-refractivity contribution in [3.63, 3.8) is 0 Å². The van der Waals surface area contributed by atoms with E-state index in [1.165, 1.54) is 36.0 Å². The Hall–Kier alpha value is -1.74. The lowest BCUT2D eigenvalue weighted by atomic mass is 9.97. The van der Waals surface area contributed by atoms with E-state index in [2.05, 4.69) is 28.4 Å². The van der Waals surface area contributed by atoms with Crippen molar-refractivity contribution in [3.05, 3.63) is 57.9 Å². The molecule has 3 nitrogen and oxygen atoms in total. The highest BCUT2D eigenvalue weighted by molar-refractivity contribution is 5.36. The molecule has 3 rings (SSSR count). The number of aliphatic hydroxyl groups is 1. The number of aromatic nitrogens is 2. The Labute approximate surface area is 126 Å². The molecule has 0 aliphatic heterocycles. The Bertz CT molecular complexity index is 652. The predicted molar refractivity (Wildman–Crippen MR) is 83.3 cm³/mol. The molecule has 1 unspecified atom stereocenters. The molecule has 1 aliphatic carbocycles. The summed E-state index contributed by atoms with van der Waals surface area (Å²) in [7, 11) is 0. The van der Waals surface area contributed by atoms with Crippen LogP contribution in [0.3, 0.4) is 0 Å². The van der Waals surface area contributed by atoms with Crippen molar-refractivity contribution >= 4 is 0 Å². The third kappa shape index (κ3) is 2.98. The first-order valence-corrected chi connectivity index (χ1v) is 7.79. The van der Waals surface area contributed by atoms with Crippen LogP contribution < -0.4 is 0 Å². The van der Waals surface area contributed by atoms with Crippen molar-refractivity contribution in [3.8, 4) is 0 Å². The van der Waals surface area contributed by atoms with E-state index < -0.39 is 6.10 Å². The summed E-state index contributed by atoms with van der Waals surface area (Å²) in [6, 6.07) is 8.60. The molecule has 0 saturated heterocycles. The average Bonchev–Trinajstić information content (AvgIpc) is 2.94. The molecule has 0 fully saturated rings. The Morgan fingerprint density at radius 3 is 2.76 bits per heavy atom. The first-order valence-electron chi connectivity index (χ1n) is 7.79. The summed E-state index contributed by atoms with van der Waals surface area (Å²) in [5.41, 5.74) is 6.82. The van der Waals surface area contributed by atoms with Gasteiger partial charge in [-0.25, -0.2) is 0 Å². The van der Waals surface area contributed by atoms with Crippen LogP contribution in [0.5, 0.6) is 0 Å². The molecule has 0 radical (unpaired) electrons. The molecule has 2 aromatic rings. The molecule has 1 atom stereocenters. The van der Waals surface area contributed by atoms with E-state index in [4.69, 9.17) is 0 Å². The summed E-state index contributed by atoms with van der Waals surface area (Å²) >= 11 is 0. The molecular formula is C18H22N2O. The van der Waals surface area contributed by atoms with Gasteiger partial charge in [-0.1, -0.05) is 25.1 Å². The average molecular weight is 282 g/mol. The van der Waals surface area contributed by atoms with Gasteiger partial charge in [0.15, 0.2) is 0 Å². The van der Waals surface area contributed by atoms with Gasteiger partial charge in [0.05, 0.1) is 17.5 Å². The molecule has 0 spiro atoms. The van der Waals surface area contributed by atoms with Crippen LogP contribution in [0, 0.1) is 6.92 Å². The first kappa shape index (κ1) is 14.2. The van der Waals surface area contributed by atoms with Gasteiger partial charge in [0, 0.05) is 12.0 Å². The van der Waals surface area contributed by atoms with Crippen LogP contribution in [0.2, 0.25) is 0 Å².